The third kappa shape index (κ3) is 2.36. The Labute approximate surface area is 122 Å². The Morgan fingerprint density at radius 2 is 2.00 bits per heavy atom. The van der Waals surface area contributed by atoms with Crippen LogP contribution in [0, 0.1) is 5.82 Å². The van der Waals surface area contributed by atoms with Crippen LogP contribution in [-0.2, 0) is 6.54 Å². The Balaban J connectivity index is 2.09. The van der Waals surface area contributed by atoms with Gasteiger partial charge in [0.15, 0.2) is 0 Å². The van der Waals surface area contributed by atoms with Gasteiger partial charge in [0.25, 0.3) is 5.56 Å². The number of fused-ring (bicyclic) bond motifs is 1. The van der Waals surface area contributed by atoms with Crippen LogP contribution in [0.3, 0.4) is 0 Å². The number of nitrogens with zero attached hydrogens (tertiary/aromatic N) is 2. The molecule has 0 radical (unpaired) electrons. The van der Waals surface area contributed by atoms with E-state index >= 15 is 0 Å². The Kier molecular flexibility index (Phi) is 3.36. The minimum Gasteiger partial charge on any atom is -0.294 e. The van der Waals surface area contributed by atoms with Crippen LogP contribution in [0.25, 0.3) is 10.9 Å². The summed E-state index contributed by atoms with van der Waals surface area (Å²) < 4.78 is 15.9. The molecule has 1 heterocycles. The van der Waals surface area contributed by atoms with Crippen LogP contribution in [0.2, 0.25) is 0 Å². The smallest absolute Gasteiger partial charge is 0.261 e. The highest BCUT2D eigenvalue weighted by Gasteiger charge is 2.07. The molecule has 0 saturated heterocycles. The fourth-order valence-corrected chi connectivity index (χ4v) is 2.40. The second-order valence-electron chi connectivity index (χ2n) is 4.43. The summed E-state index contributed by atoms with van der Waals surface area (Å²) in [4.78, 5) is 16.6. The van der Waals surface area contributed by atoms with Crippen molar-refractivity contribution in [2.24, 2.45) is 0 Å². The van der Waals surface area contributed by atoms with Crippen molar-refractivity contribution < 1.29 is 4.39 Å². The van der Waals surface area contributed by atoms with E-state index < -0.39 is 0 Å². The molecule has 5 heteroatoms. The highest BCUT2D eigenvalue weighted by atomic mass is 79.9. The van der Waals surface area contributed by atoms with Crippen molar-refractivity contribution in [1.29, 1.82) is 0 Å². The SMILES string of the molecule is O=c1c2ccc(Br)cc2ncn1Cc1ccccc1F. The molecule has 0 aliphatic heterocycles. The largest absolute Gasteiger partial charge is 0.294 e. The van der Waals surface area contributed by atoms with E-state index in [1.165, 1.54) is 17.0 Å². The molecule has 20 heavy (non-hydrogen) atoms. The van der Waals surface area contributed by atoms with Crippen molar-refractivity contribution in [3.05, 3.63) is 75.0 Å². The predicted molar refractivity (Wildman–Crippen MR) is 79.2 cm³/mol. The van der Waals surface area contributed by atoms with E-state index in [1.807, 2.05) is 0 Å². The molecule has 0 unspecified atom stereocenters. The molecule has 0 spiro atoms. The number of hydrogen-bond donors (Lipinski definition) is 0. The summed E-state index contributed by atoms with van der Waals surface area (Å²) in [6.07, 6.45) is 1.45. The van der Waals surface area contributed by atoms with Gasteiger partial charge in [-0.15, -0.1) is 0 Å². The minimum atomic E-state index is -0.324. The summed E-state index contributed by atoms with van der Waals surface area (Å²) in [6, 6.07) is 11.7. The normalized spacial score (nSPS) is 10.9. The van der Waals surface area contributed by atoms with Crippen molar-refractivity contribution in [3.63, 3.8) is 0 Å². The molecule has 0 aliphatic carbocycles. The minimum absolute atomic E-state index is 0.171. The third-order valence-corrected chi connectivity index (χ3v) is 3.58. The Hall–Kier alpha value is -2.01. The van der Waals surface area contributed by atoms with Crippen molar-refractivity contribution in [3.8, 4) is 0 Å². The van der Waals surface area contributed by atoms with Crippen LogP contribution < -0.4 is 5.56 Å². The fourth-order valence-electron chi connectivity index (χ4n) is 2.05. The molecule has 0 fully saturated rings. The molecule has 0 amide bonds. The second kappa shape index (κ2) is 5.17. The van der Waals surface area contributed by atoms with E-state index in [4.69, 9.17) is 0 Å². The molecular formula is C15H10BrFN2O. The molecular weight excluding hydrogens is 323 g/mol. The van der Waals surface area contributed by atoms with Gasteiger partial charge >= 0.3 is 0 Å². The van der Waals surface area contributed by atoms with Crippen molar-refractivity contribution in [2.75, 3.05) is 0 Å². The maximum atomic E-state index is 13.6. The zero-order valence-corrected chi connectivity index (χ0v) is 12.0. The van der Waals surface area contributed by atoms with Crippen molar-refractivity contribution in [2.45, 2.75) is 6.54 Å². The molecule has 2 aromatic carbocycles. The van der Waals surface area contributed by atoms with Crippen LogP contribution >= 0.6 is 15.9 Å². The van der Waals surface area contributed by atoms with Gasteiger partial charge in [0.05, 0.1) is 23.8 Å². The van der Waals surface area contributed by atoms with Gasteiger partial charge in [0.2, 0.25) is 0 Å². The number of aromatic nitrogens is 2. The van der Waals surface area contributed by atoms with E-state index in [0.717, 1.165) is 4.47 Å². The summed E-state index contributed by atoms with van der Waals surface area (Å²) in [5.74, 6) is -0.324. The van der Waals surface area contributed by atoms with Crippen LogP contribution in [0.15, 0.2) is 58.1 Å². The lowest BCUT2D eigenvalue weighted by atomic mass is 10.2. The lowest BCUT2D eigenvalue weighted by Gasteiger charge is -2.07. The maximum absolute atomic E-state index is 13.6. The lowest BCUT2D eigenvalue weighted by molar-refractivity contribution is 0.595. The highest BCUT2D eigenvalue weighted by molar-refractivity contribution is 9.10. The number of rotatable bonds is 2. The van der Waals surface area contributed by atoms with E-state index in [0.29, 0.717) is 16.5 Å². The first-order valence-electron chi connectivity index (χ1n) is 6.03. The molecule has 0 aliphatic rings. The Morgan fingerprint density at radius 3 is 2.80 bits per heavy atom. The van der Waals surface area contributed by atoms with Crippen molar-refractivity contribution >= 4 is 26.8 Å². The molecule has 3 aromatic rings. The quantitative estimate of drug-likeness (QED) is 0.721. The monoisotopic (exact) mass is 332 g/mol. The first-order chi connectivity index (χ1) is 9.65. The summed E-state index contributed by atoms with van der Waals surface area (Å²) in [5.41, 5.74) is 0.910. The van der Waals surface area contributed by atoms with Gasteiger partial charge in [-0.1, -0.05) is 34.1 Å². The van der Waals surface area contributed by atoms with Gasteiger partial charge in [-0.2, -0.15) is 0 Å². The molecule has 0 saturated carbocycles. The summed E-state index contributed by atoms with van der Waals surface area (Å²) in [5, 5.41) is 0.520. The molecule has 0 atom stereocenters. The standard InChI is InChI=1S/C15H10BrFN2O/c16-11-5-6-12-14(7-11)18-9-19(15(12)20)8-10-3-1-2-4-13(10)17/h1-7,9H,8H2. The molecule has 3 nitrogen and oxygen atoms in total. The fraction of sp³-hybridized carbons (Fsp3) is 0.0667. The molecule has 100 valence electrons. The molecule has 1 aromatic heterocycles. The number of benzene rings is 2. The van der Waals surface area contributed by atoms with Crippen molar-refractivity contribution in [1.82, 2.24) is 9.55 Å². The maximum Gasteiger partial charge on any atom is 0.261 e. The Morgan fingerprint density at radius 1 is 1.20 bits per heavy atom. The van der Waals surface area contributed by atoms with E-state index in [9.17, 15) is 9.18 Å². The summed E-state index contributed by atoms with van der Waals surface area (Å²) in [7, 11) is 0. The molecule has 0 N–H and O–H groups in total. The topological polar surface area (TPSA) is 34.9 Å². The van der Waals surface area contributed by atoms with E-state index in [1.54, 1.807) is 36.4 Å². The van der Waals surface area contributed by atoms with E-state index in [2.05, 4.69) is 20.9 Å². The van der Waals surface area contributed by atoms with Gasteiger partial charge in [0, 0.05) is 10.0 Å². The van der Waals surface area contributed by atoms with Crippen LogP contribution in [0.4, 0.5) is 4.39 Å². The Bertz CT molecular complexity index is 845. The van der Waals surface area contributed by atoms with Gasteiger partial charge < -0.3 is 0 Å². The summed E-state index contributed by atoms with van der Waals surface area (Å²) in [6.45, 7) is 0.171. The average molecular weight is 333 g/mol. The third-order valence-electron chi connectivity index (χ3n) is 3.09. The first-order valence-corrected chi connectivity index (χ1v) is 6.82. The van der Waals surface area contributed by atoms with Crippen LogP contribution in [0.1, 0.15) is 5.56 Å². The molecule has 3 rings (SSSR count). The number of hydrogen-bond acceptors (Lipinski definition) is 2. The first kappa shape index (κ1) is 13.0. The average Bonchev–Trinajstić information content (AvgIpc) is 2.44. The van der Waals surface area contributed by atoms with Gasteiger partial charge in [-0.3, -0.25) is 9.36 Å². The van der Waals surface area contributed by atoms with Gasteiger partial charge in [0.1, 0.15) is 5.82 Å². The van der Waals surface area contributed by atoms with Gasteiger partial charge in [-0.25, -0.2) is 9.37 Å². The van der Waals surface area contributed by atoms with E-state index in [-0.39, 0.29) is 17.9 Å². The second-order valence-corrected chi connectivity index (χ2v) is 5.35. The van der Waals surface area contributed by atoms with Crippen LogP contribution in [0.5, 0.6) is 0 Å². The number of halogens is 2. The van der Waals surface area contributed by atoms with Crippen LogP contribution in [-0.4, -0.2) is 9.55 Å². The lowest BCUT2D eigenvalue weighted by Crippen LogP contribution is -2.21. The zero-order valence-electron chi connectivity index (χ0n) is 10.4. The van der Waals surface area contributed by atoms with Gasteiger partial charge in [-0.05, 0) is 24.3 Å². The predicted octanol–water partition coefficient (Wildman–Crippen LogP) is 3.35. The molecule has 0 bridgehead atoms. The summed E-state index contributed by atoms with van der Waals surface area (Å²) >= 11 is 3.34. The zero-order chi connectivity index (χ0) is 14.1. The highest BCUT2D eigenvalue weighted by Crippen LogP contribution is 2.15.